The Kier molecular flexibility index (Phi) is 4.20. The third-order valence-electron chi connectivity index (χ3n) is 3.05. The predicted molar refractivity (Wildman–Crippen MR) is 86.3 cm³/mol. The van der Waals surface area contributed by atoms with Crippen LogP contribution in [0.2, 0.25) is 0 Å². The van der Waals surface area contributed by atoms with E-state index in [1.165, 1.54) is 23.3 Å². The van der Waals surface area contributed by atoms with Crippen LogP contribution in [0.1, 0.15) is 0 Å². The Balaban J connectivity index is 1.61. The topological polar surface area (TPSA) is 105 Å². The number of methoxy groups -OCH3 is 2. The smallest absolute Gasteiger partial charge is 0.322 e. The van der Waals surface area contributed by atoms with Crippen LogP contribution in [0.25, 0.3) is 11.3 Å². The average Bonchev–Trinajstić information content (AvgIpc) is 3.21. The van der Waals surface area contributed by atoms with Gasteiger partial charge in [0.1, 0.15) is 0 Å². The molecule has 0 bridgehead atoms. The average molecular weight is 398 g/mol. The zero-order valence-electron chi connectivity index (χ0n) is 13.1. The van der Waals surface area contributed by atoms with Crippen molar-refractivity contribution in [3.63, 3.8) is 0 Å². The molecule has 4 aromatic heterocycles. The molecule has 0 saturated heterocycles. The highest BCUT2D eigenvalue weighted by Crippen LogP contribution is 2.34. The molecule has 26 heavy (non-hydrogen) atoms. The van der Waals surface area contributed by atoms with Gasteiger partial charge in [0.05, 0.1) is 14.2 Å². The molecular weight excluding hydrogens is 390 g/mol. The first-order valence-electron chi connectivity index (χ1n) is 6.86. The van der Waals surface area contributed by atoms with Crippen molar-refractivity contribution in [2.24, 2.45) is 0 Å². The molecule has 0 amide bonds. The van der Waals surface area contributed by atoms with Crippen molar-refractivity contribution in [1.29, 1.82) is 0 Å². The lowest BCUT2D eigenvalue weighted by molar-refractivity contribution is 0.356. The molecule has 0 unspecified atom stereocenters. The molecule has 4 rings (SSSR count). The van der Waals surface area contributed by atoms with Crippen LogP contribution < -0.4 is 9.47 Å². The molecule has 0 spiro atoms. The number of nitrogens with zero attached hydrogens (tertiary/aromatic N) is 8. The van der Waals surface area contributed by atoms with E-state index in [0.29, 0.717) is 10.3 Å². The van der Waals surface area contributed by atoms with Gasteiger partial charge < -0.3 is 9.47 Å². The fraction of sp³-hybridized carbons (Fsp3) is 0.167. The highest BCUT2D eigenvalue weighted by molar-refractivity contribution is 8.76. The Morgan fingerprint density at radius 3 is 1.58 bits per heavy atom. The fourth-order valence-electron chi connectivity index (χ4n) is 2.04. The second-order valence-electron chi connectivity index (χ2n) is 4.63. The quantitative estimate of drug-likeness (QED) is 0.364. The first kappa shape index (κ1) is 16.7. The van der Waals surface area contributed by atoms with Crippen molar-refractivity contribution >= 4 is 32.9 Å². The van der Waals surface area contributed by atoms with Gasteiger partial charge in [0, 0.05) is 12.1 Å². The predicted octanol–water partition coefficient (Wildman–Crippen LogP) is 1.66. The lowest BCUT2D eigenvalue weighted by atomic mass is 10.6. The van der Waals surface area contributed by atoms with E-state index in [2.05, 4.69) is 30.1 Å². The summed E-state index contributed by atoms with van der Waals surface area (Å²) in [6.45, 7) is 0. The minimum atomic E-state index is -0.727. The lowest BCUT2D eigenvalue weighted by Gasteiger charge is -1.99. The maximum atomic E-state index is 13.4. The summed E-state index contributed by atoms with van der Waals surface area (Å²) in [5, 5.41) is 8.98. The number of hydrogen-bond acceptors (Lipinski definition) is 10. The fourth-order valence-corrected chi connectivity index (χ4v) is 3.55. The molecule has 134 valence electrons. The van der Waals surface area contributed by atoms with Gasteiger partial charge in [-0.1, -0.05) is 0 Å². The van der Waals surface area contributed by atoms with Crippen molar-refractivity contribution in [3.05, 3.63) is 24.0 Å². The number of rotatable bonds is 5. The van der Waals surface area contributed by atoms with E-state index in [9.17, 15) is 8.78 Å². The summed E-state index contributed by atoms with van der Waals surface area (Å²) in [5.74, 6) is -1.45. The molecule has 0 radical (unpaired) electrons. The largest absolute Gasteiger partial charge is 0.467 e. The highest BCUT2D eigenvalue weighted by atomic mass is 33.1. The van der Waals surface area contributed by atoms with E-state index >= 15 is 0 Å². The van der Waals surface area contributed by atoms with E-state index in [0.717, 1.165) is 33.7 Å². The zero-order chi connectivity index (χ0) is 18.3. The molecule has 4 heterocycles. The van der Waals surface area contributed by atoms with Crippen LogP contribution in [0.4, 0.5) is 8.78 Å². The van der Waals surface area contributed by atoms with E-state index in [1.54, 1.807) is 0 Å². The summed E-state index contributed by atoms with van der Waals surface area (Å²) in [4.78, 5) is 15.5. The van der Waals surface area contributed by atoms with Gasteiger partial charge in [-0.2, -0.15) is 27.8 Å². The molecule has 0 N–H and O–H groups in total. The summed E-state index contributed by atoms with van der Waals surface area (Å²) >= 11 is 0. The minimum Gasteiger partial charge on any atom is -0.467 e. The molecule has 0 aliphatic carbocycles. The van der Waals surface area contributed by atoms with Crippen LogP contribution >= 0.6 is 21.6 Å². The summed E-state index contributed by atoms with van der Waals surface area (Å²) in [6.07, 6.45) is 0. The molecule has 10 nitrogen and oxygen atoms in total. The summed E-state index contributed by atoms with van der Waals surface area (Å²) in [6, 6.07) is 2.21. The monoisotopic (exact) mass is 398 g/mol. The van der Waals surface area contributed by atoms with Crippen molar-refractivity contribution in [1.82, 2.24) is 39.2 Å². The van der Waals surface area contributed by atoms with Crippen LogP contribution in [0.5, 0.6) is 12.0 Å². The van der Waals surface area contributed by atoms with Crippen molar-refractivity contribution < 1.29 is 18.3 Å². The summed E-state index contributed by atoms with van der Waals surface area (Å²) in [5.41, 5.74) is 0.488. The molecule has 0 fully saturated rings. The van der Waals surface area contributed by atoms with Gasteiger partial charge in [0.15, 0.2) is 11.3 Å². The first-order chi connectivity index (χ1) is 12.6. The van der Waals surface area contributed by atoms with Crippen LogP contribution in [-0.4, -0.2) is 53.4 Å². The third kappa shape index (κ3) is 2.96. The minimum absolute atomic E-state index is 0.0264. The van der Waals surface area contributed by atoms with E-state index in [4.69, 9.17) is 9.47 Å². The second kappa shape index (κ2) is 6.53. The van der Waals surface area contributed by atoms with Gasteiger partial charge in [-0.25, -0.2) is 9.97 Å². The molecule has 0 aliphatic heterocycles. The third-order valence-corrected chi connectivity index (χ3v) is 4.92. The summed E-state index contributed by atoms with van der Waals surface area (Å²) in [7, 11) is 4.97. The standard InChI is InChI=1S/C12H8F2N8O2S2/c1-23-11-15-5(13)3-7-17-9(19-21(7)11)25-26-10-18-8-4-6(14)16-12(24-2)22(8)20-10/h3-4H,1-2H3. The van der Waals surface area contributed by atoms with Crippen LogP contribution in [0, 0.1) is 11.9 Å². The maximum absolute atomic E-state index is 13.4. The van der Waals surface area contributed by atoms with Crippen molar-refractivity contribution in [3.8, 4) is 12.0 Å². The van der Waals surface area contributed by atoms with Crippen LogP contribution in [0.3, 0.4) is 0 Å². The lowest BCUT2D eigenvalue weighted by Crippen LogP contribution is -2.00. The second-order valence-corrected chi connectivity index (χ2v) is 6.69. The number of aromatic nitrogens is 8. The van der Waals surface area contributed by atoms with Crippen LogP contribution in [0.15, 0.2) is 22.4 Å². The molecule has 0 aliphatic rings. The Morgan fingerprint density at radius 2 is 1.19 bits per heavy atom. The zero-order valence-corrected chi connectivity index (χ0v) is 14.8. The number of ether oxygens (including phenoxy) is 2. The highest BCUT2D eigenvalue weighted by Gasteiger charge is 2.15. The molecular formula is C12H8F2N8O2S2. The molecule has 0 atom stereocenters. The number of fused-ring (bicyclic) bond motifs is 2. The number of hydrogen-bond donors (Lipinski definition) is 0. The van der Waals surface area contributed by atoms with Gasteiger partial charge in [-0.05, 0) is 21.6 Å². The normalized spacial score (nSPS) is 11.4. The van der Waals surface area contributed by atoms with Gasteiger partial charge in [0.2, 0.25) is 22.2 Å². The SMILES string of the molecule is COc1nc(F)cc2nc(SSc3nc4cc(F)nc(OC)n4n3)nn12. The van der Waals surface area contributed by atoms with E-state index < -0.39 is 11.9 Å². The Hall–Kier alpha value is -2.74. The van der Waals surface area contributed by atoms with E-state index in [1.807, 2.05) is 0 Å². The molecule has 0 saturated carbocycles. The van der Waals surface area contributed by atoms with E-state index in [-0.39, 0.29) is 23.3 Å². The van der Waals surface area contributed by atoms with Crippen molar-refractivity contribution in [2.45, 2.75) is 10.3 Å². The maximum Gasteiger partial charge on any atom is 0.322 e. The Labute approximate surface area is 151 Å². The van der Waals surface area contributed by atoms with Gasteiger partial charge in [-0.15, -0.1) is 10.2 Å². The Morgan fingerprint density at radius 1 is 0.769 bits per heavy atom. The van der Waals surface area contributed by atoms with Crippen molar-refractivity contribution in [2.75, 3.05) is 14.2 Å². The molecule has 4 aromatic rings. The first-order valence-corrected chi connectivity index (χ1v) is 9.01. The van der Waals surface area contributed by atoms with Gasteiger partial charge in [-0.3, -0.25) is 0 Å². The van der Waals surface area contributed by atoms with Gasteiger partial charge in [0.25, 0.3) is 0 Å². The Bertz CT molecular complexity index is 1030. The molecule has 0 aromatic carbocycles. The van der Waals surface area contributed by atoms with Gasteiger partial charge >= 0.3 is 12.0 Å². The number of halogens is 2. The van der Waals surface area contributed by atoms with Crippen LogP contribution in [-0.2, 0) is 0 Å². The summed E-state index contributed by atoms with van der Waals surface area (Å²) < 4.78 is 39.3. The molecule has 14 heteroatoms.